The van der Waals surface area contributed by atoms with Crippen LogP contribution < -0.4 is 20.6 Å². The number of carbonyl (C=O) groups is 2. The number of benzene rings is 3. The highest BCUT2D eigenvalue weighted by atomic mass is 35.5. The number of fused-ring (bicyclic) bond motifs is 1. The number of carbonyl (C=O) groups excluding carboxylic acids is 2. The van der Waals surface area contributed by atoms with Crippen molar-refractivity contribution >= 4 is 50.3 Å². The summed E-state index contributed by atoms with van der Waals surface area (Å²) in [5.74, 6) is -2.90. The summed E-state index contributed by atoms with van der Waals surface area (Å²) in [6.07, 6.45) is 0. The molecule has 3 aromatic carbocycles. The molecule has 0 radical (unpaired) electrons. The second-order valence-corrected chi connectivity index (χ2v) is 9.84. The zero-order valence-corrected chi connectivity index (χ0v) is 20.2. The van der Waals surface area contributed by atoms with Gasteiger partial charge >= 0.3 is 6.03 Å². The van der Waals surface area contributed by atoms with Gasteiger partial charge in [-0.3, -0.25) is 4.79 Å². The van der Waals surface area contributed by atoms with Crippen LogP contribution in [-0.4, -0.2) is 20.4 Å². The molecule has 1 atom stereocenters. The smallest absolute Gasteiger partial charge is 0.333 e. The Morgan fingerprint density at radius 1 is 0.972 bits per heavy atom. The third kappa shape index (κ3) is 4.95. The molecule has 4 aromatic rings. The molecular weight excluding hydrogens is 508 g/mol. The first-order valence-electron chi connectivity index (χ1n) is 10.5. The molecule has 4 rings (SSSR count). The minimum Gasteiger partial charge on any atom is -0.550 e. The number of hydrogen-bond donors (Lipinski definition) is 2. The number of hydrogen-bond acceptors (Lipinski definition) is 7. The summed E-state index contributed by atoms with van der Waals surface area (Å²) < 4.78 is 34.4. The second kappa shape index (κ2) is 9.84. The van der Waals surface area contributed by atoms with Gasteiger partial charge in [0.25, 0.3) is 10.0 Å². The quantitative estimate of drug-likeness (QED) is 0.392. The average molecular weight is 526 g/mol. The van der Waals surface area contributed by atoms with E-state index in [1.165, 1.54) is 61.5 Å². The van der Waals surface area contributed by atoms with Crippen molar-refractivity contribution in [2.45, 2.75) is 17.7 Å². The van der Waals surface area contributed by atoms with Crippen molar-refractivity contribution in [3.63, 3.8) is 0 Å². The predicted molar refractivity (Wildman–Crippen MR) is 132 cm³/mol. The van der Waals surface area contributed by atoms with Crippen LogP contribution in [0.1, 0.15) is 18.4 Å². The van der Waals surface area contributed by atoms with Crippen molar-refractivity contribution in [1.29, 1.82) is 0 Å². The largest absolute Gasteiger partial charge is 0.550 e. The summed E-state index contributed by atoms with van der Waals surface area (Å²) in [6, 6.07) is 16.9. The summed E-state index contributed by atoms with van der Waals surface area (Å²) >= 11 is 5.82. The second-order valence-electron chi connectivity index (χ2n) is 7.79. The summed E-state index contributed by atoms with van der Waals surface area (Å²) in [4.78, 5) is 36.7. The molecule has 36 heavy (non-hydrogen) atoms. The topological polar surface area (TPSA) is 146 Å². The van der Waals surface area contributed by atoms with Crippen molar-refractivity contribution in [3.8, 4) is 11.3 Å². The molecule has 1 heterocycles. The van der Waals surface area contributed by atoms with Gasteiger partial charge < -0.3 is 19.6 Å². The lowest BCUT2D eigenvalue weighted by atomic mass is 9.98. The molecule has 0 fully saturated rings. The molecule has 0 spiro atoms. The monoisotopic (exact) mass is 525 g/mol. The number of sulfonamides is 1. The SMILES string of the molecule is CC(C(=O)[O-])c1cccc2c(=O)c(S(=O)(=O)NC(=O)Nc3ccc(Cl)cc3)c(-c3ccccc3)oc12. The van der Waals surface area contributed by atoms with Gasteiger partial charge in [-0.25, -0.2) is 17.9 Å². The predicted octanol–water partition coefficient (Wildman–Crippen LogP) is 3.48. The Balaban J connectivity index is 1.88. The number of aliphatic carboxylic acids is 1. The summed E-state index contributed by atoms with van der Waals surface area (Å²) in [7, 11) is -4.76. The Labute approximate surface area is 210 Å². The number of anilines is 1. The Kier molecular flexibility index (Phi) is 6.82. The summed E-state index contributed by atoms with van der Waals surface area (Å²) in [6.45, 7) is 1.36. The third-order valence-corrected chi connectivity index (χ3v) is 6.97. The molecule has 1 aromatic heterocycles. The lowest BCUT2D eigenvalue weighted by Gasteiger charge is -2.17. The van der Waals surface area contributed by atoms with Crippen molar-refractivity contribution < 1.29 is 27.5 Å². The van der Waals surface area contributed by atoms with Crippen LogP contribution in [0.15, 0.2) is 86.9 Å². The number of carboxylic acids is 1. The van der Waals surface area contributed by atoms with Gasteiger partial charge in [0.2, 0.25) is 5.43 Å². The third-order valence-electron chi connectivity index (χ3n) is 5.36. The Morgan fingerprint density at radius 2 is 1.64 bits per heavy atom. The fourth-order valence-corrected chi connectivity index (χ4v) is 4.86. The molecule has 2 N–H and O–H groups in total. The van der Waals surface area contributed by atoms with Gasteiger partial charge in [-0.05, 0) is 30.3 Å². The fourth-order valence-electron chi connectivity index (χ4n) is 3.58. The zero-order chi connectivity index (χ0) is 26.0. The molecule has 2 amide bonds. The molecule has 0 aliphatic rings. The van der Waals surface area contributed by atoms with Gasteiger partial charge in [-0.1, -0.05) is 61.0 Å². The normalized spacial score (nSPS) is 12.2. The Bertz CT molecular complexity index is 1630. The average Bonchev–Trinajstić information content (AvgIpc) is 2.84. The number of amides is 2. The van der Waals surface area contributed by atoms with Gasteiger partial charge in [0, 0.05) is 33.7 Å². The number of rotatable bonds is 6. The van der Waals surface area contributed by atoms with Gasteiger partial charge in [0.05, 0.1) is 5.39 Å². The molecule has 9 nitrogen and oxygen atoms in total. The minimum atomic E-state index is -4.76. The summed E-state index contributed by atoms with van der Waals surface area (Å²) in [5.41, 5.74) is -0.427. The van der Waals surface area contributed by atoms with E-state index in [1.807, 2.05) is 4.72 Å². The van der Waals surface area contributed by atoms with Gasteiger partial charge in [0.1, 0.15) is 5.58 Å². The van der Waals surface area contributed by atoms with E-state index in [-0.39, 0.29) is 33.5 Å². The number of nitrogens with one attached hydrogen (secondary N) is 2. The van der Waals surface area contributed by atoms with Crippen molar-refractivity contribution in [1.82, 2.24) is 4.72 Å². The van der Waals surface area contributed by atoms with E-state index in [9.17, 15) is 27.9 Å². The van der Waals surface area contributed by atoms with Gasteiger partial charge in [0.15, 0.2) is 10.7 Å². The van der Waals surface area contributed by atoms with E-state index >= 15 is 0 Å². The maximum atomic E-state index is 13.5. The van der Waals surface area contributed by atoms with Crippen molar-refractivity contribution in [2.75, 3.05) is 5.32 Å². The minimum absolute atomic E-state index is 0.0948. The van der Waals surface area contributed by atoms with Crippen LogP contribution in [0.25, 0.3) is 22.3 Å². The Hall–Kier alpha value is -4.15. The van der Waals surface area contributed by atoms with E-state index in [4.69, 9.17) is 16.0 Å². The number of halogens is 1. The van der Waals surface area contributed by atoms with Crippen LogP contribution in [0.4, 0.5) is 10.5 Å². The molecule has 0 saturated heterocycles. The van der Waals surface area contributed by atoms with Gasteiger partial charge in [-0.15, -0.1) is 0 Å². The zero-order valence-electron chi connectivity index (χ0n) is 18.6. The van der Waals surface area contributed by atoms with Crippen LogP contribution in [-0.2, 0) is 14.8 Å². The fraction of sp³-hybridized carbons (Fsp3) is 0.0800. The highest BCUT2D eigenvalue weighted by molar-refractivity contribution is 7.90. The number of urea groups is 1. The first kappa shape index (κ1) is 25.0. The molecule has 0 saturated carbocycles. The first-order chi connectivity index (χ1) is 17.1. The number of para-hydroxylation sites is 1. The molecule has 0 aliphatic heterocycles. The standard InChI is InChI=1S/C25H19ClN2O7S/c1-14(24(30)31)18-8-5-9-19-20(29)23(21(35-22(18)19)15-6-3-2-4-7-15)36(33,34)28-25(32)27-17-12-10-16(26)11-13-17/h2-14H,1H3,(H,30,31)(H2,27,28,32)/p-1. The highest BCUT2D eigenvalue weighted by Gasteiger charge is 2.30. The van der Waals surface area contributed by atoms with E-state index in [1.54, 1.807) is 18.2 Å². The van der Waals surface area contributed by atoms with Crippen molar-refractivity contribution in [2.24, 2.45) is 0 Å². The first-order valence-corrected chi connectivity index (χ1v) is 12.4. The van der Waals surface area contributed by atoms with Crippen LogP contribution >= 0.6 is 11.6 Å². The molecule has 0 aliphatic carbocycles. The van der Waals surface area contributed by atoms with Crippen molar-refractivity contribution in [3.05, 3.63) is 93.6 Å². The maximum absolute atomic E-state index is 13.5. The van der Waals surface area contributed by atoms with Crippen LogP contribution in [0.2, 0.25) is 5.02 Å². The van der Waals surface area contributed by atoms with E-state index < -0.39 is 38.3 Å². The van der Waals surface area contributed by atoms with Crippen LogP contribution in [0, 0.1) is 0 Å². The molecule has 1 unspecified atom stereocenters. The highest BCUT2D eigenvalue weighted by Crippen LogP contribution is 2.32. The lowest BCUT2D eigenvalue weighted by molar-refractivity contribution is -0.307. The van der Waals surface area contributed by atoms with Gasteiger partial charge in [-0.2, -0.15) is 0 Å². The summed E-state index contributed by atoms with van der Waals surface area (Å²) in [5, 5.41) is 14.1. The van der Waals surface area contributed by atoms with E-state index in [2.05, 4.69) is 5.32 Å². The number of carboxylic acid groups (broad SMARTS) is 1. The molecular formula is C25H18ClN2O7S-. The van der Waals surface area contributed by atoms with E-state index in [0.29, 0.717) is 5.02 Å². The molecule has 184 valence electrons. The Morgan fingerprint density at radius 3 is 2.28 bits per heavy atom. The maximum Gasteiger partial charge on any atom is 0.333 e. The van der Waals surface area contributed by atoms with Crippen LogP contribution in [0.5, 0.6) is 0 Å². The lowest BCUT2D eigenvalue weighted by Crippen LogP contribution is -2.37. The van der Waals surface area contributed by atoms with E-state index in [0.717, 1.165) is 0 Å². The molecule has 0 bridgehead atoms. The molecule has 11 heteroatoms. The van der Waals surface area contributed by atoms with Crippen LogP contribution in [0.3, 0.4) is 0 Å².